The number of hydrogen-bond donors (Lipinski definition) is 1. The molecule has 4 heteroatoms. The van der Waals surface area contributed by atoms with Crippen molar-refractivity contribution >= 4 is 17.7 Å². The van der Waals surface area contributed by atoms with E-state index in [0.717, 1.165) is 17.1 Å². The highest BCUT2D eigenvalue weighted by Gasteiger charge is 2.22. The molecule has 0 atom stereocenters. The Hall–Kier alpha value is -1.00. The molecule has 0 radical (unpaired) electrons. The highest BCUT2D eigenvalue weighted by Crippen LogP contribution is 2.16. The quantitative estimate of drug-likeness (QED) is 0.921. The van der Waals surface area contributed by atoms with E-state index in [1.54, 1.807) is 0 Å². The first-order chi connectivity index (χ1) is 9.20. The Morgan fingerprint density at radius 1 is 1.32 bits per heavy atom. The third-order valence-corrected chi connectivity index (χ3v) is 4.37. The van der Waals surface area contributed by atoms with Crippen LogP contribution in [0, 0.1) is 0 Å². The van der Waals surface area contributed by atoms with E-state index in [-0.39, 0.29) is 12.0 Å². The average Bonchev–Trinajstić information content (AvgIpc) is 2.46. The van der Waals surface area contributed by atoms with Gasteiger partial charge in [-0.2, -0.15) is 11.8 Å². The number of aliphatic hydroxyl groups is 1. The second-order valence-corrected chi connectivity index (χ2v) is 6.13. The van der Waals surface area contributed by atoms with E-state index in [1.165, 1.54) is 5.56 Å². The van der Waals surface area contributed by atoms with Gasteiger partial charge in [-0.25, -0.2) is 0 Å². The lowest BCUT2D eigenvalue weighted by atomic mass is 10.1. The zero-order valence-corrected chi connectivity index (χ0v) is 12.2. The van der Waals surface area contributed by atoms with Crippen LogP contribution in [0.15, 0.2) is 24.3 Å². The number of thioether (sulfide) groups is 1. The lowest BCUT2D eigenvalue weighted by Crippen LogP contribution is -2.40. The first kappa shape index (κ1) is 14.4. The maximum atomic E-state index is 12.3. The van der Waals surface area contributed by atoms with Crippen molar-refractivity contribution in [1.82, 2.24) is 4.90 Å². The van der Waals surface area contributed by atoms with E-state index in [1.807, 2.05) is 40.9 Å². The normalized spacial score (nSPS) is 16.6. The molecule has 1 saturated heterocycles. The second-order valence-electron chi connectivity index (χ2n) is 4.86. The molecule has 0 bridgehead atoms. The highest BCUT2D eigenvalue weighted by molar-refractivity contribution is 7.98. The molecule has 0 aromatic heterocycles. The molecule has 1 aliphatic rings. The van der Waals surface area contributed by atoms with Crippen LogP contribution in [-0.4, -0.2) is 40.9 Å². The molecule has 0 aliphatic carbocycles. The molecule has 19 heavy (non-hydrogen) atoms. The predicted molar refractivity (Wildman–Crippen MR) is 79.4 cm³/mol. The summed E-state index contributed by atoms with van der Waals surface area (Å²) in [5.41, 5.74) is 2.01. The molecule has 1 aromatic carbocycles. The van der Waals surface area contributed by atoms with Crippen molar-refractivity contribution in [3.05, 3.63) is 35.4 Å². The van der Waals surface area contributed by atoms with E-state index in [4.69, 9.17) is 0 Å². The number of rotatable bonds is 4. The summed E-state index contributed by atoms with van der Waals surface area (Å²) in [4.78, 5) is 14.1. The molecule has 1 amide bonds. The predicted octanol–water partition coefficient (Wildman–Crippen LogP) is 2.54. The maximum absolute atomic E-state index is 12.3. The molecule has 1 aliphatic heterocycles. The van der Waals surface area contributed by atoms with Gasteiger partial charge in [0.05, 0.1) is 6.10 Å². The SMILES string of the molecule is CCSCc1ccc(C(=O)N2CCC(O)CC2)cc1. The van der Waals surface area contributed by atoms with Crippen LogP contribution in [-0.2, 0) is 5.75 Å². The molecule has 0 spiro atoms. The van der Waals surface area contributed by atoms with Crippen molar-refractivity contribution in [2.45, 2.75) is 31.6 Å². The number of hydrogen-bond acceptors (Lipinski definition) is 3. The summed E-state index contributed by atoms with van der Waals surface area (Å²) in [5, 5.41) is 9.46. The van der Waals surface area contributed by atoms with Gasteiger partial charge in [0.25, 0.3) is 5.91 Å². The molecule has 1 fully saturated rings. The lowest BCUT2D eigenvalue weighted by molar-refractivity contribution is 0.0546. The Kier molecular flexibility index (Phi) is 5.28. The molecule has 3 nitrogen and oxygen atoms in total. The van der Waals surface area contributed by atoms with Gasteiger partial charge in [0, 0.05) is 24.4 Å². The molecular formula is C15H21NO2S. The van der Waals surface area contributed by atoms with Crippen LogP contribution >= 0.6 is 11.8 Å². The lowest BCUT2D eigenvalue weighted by Gasteiger charge is -2.29. The van der Waals surface area contributed by atoms with Crippen LogP contribution in [0.4, 0.5) is 0 Å². The third-order valence-electron chi connectivity index (χ3n) is 3.43. The molecule has 2 rings (SSSR count). The summed E-state index contributed by atoms with van der Waals surface area (Å²) in [6.45, 7) is 3.47. The van der Waals surface area contributed by atoms with E-state index >= 15 is 0 Å². The summed E-state index contributed by atoms with van der Waals surface area (Å²) in [6.07, 6.45) is 1.14. The van der Waals surface area contributed by atoms with Crippen molar-refractivity contribution in [2.75, 3.05) is 18.8 Å². The molecular weight excluding hydrogens is 258 g/mol. The Labute approximate surface area is 119 Å². The summed E-state index contributed by atoms with van der Waals surface area (Å²) in [6, 6.07) is 7.90. The van der Waals surface area contributed by atoms with Gasteiger partial charge in [-0.05, 0) is 36.3 Å². The number of benzene rings is 1. The number of piperidine rings is 1. The largest absolute Gasteiger partial charge is 0.393 e. The summed E-state index contributed by atoms with van der Waals surface area (Å²) >= 11 is 1.88. The van der Waals surface area contributed by atoms with Gasteiger partial charge in [-0.3, -0.25) is 4.79 Å². The van der Waals surface area contributed by atoms with Crippen LogP contribution in [0.5, 0.6) is 0 Å². The van der Waals surface area contributed by atoms with Gasteiger partial charge in [-0.1, -0.05) is 19.1 Å². The van der Waals surface area contributed by atoms with Crippen LogP contribution < -0.4 is 0 Å². The monoisotopic (exact) mass is 279 g/mol. The van der Waals surface area contributed by atoms with Gasteiger partial charge in [0.2, 0.25) is 0 Å². The molecule has 0 saturated carbocycles. The Morgan fingerprint density at radius 2 is 1.95 bits per heavy atom. The van der Waals surface area contributed by atoms with Gasteiger partial charge in [0.1, 0.15) is 0 Å². The fourth-order valence-corrected chi connectivity index (χ4v) is 2.85. The van der Waals surface area contributed by atoms with Crippen LogP contribution in [0.1, 0.15) is 35.7 Å². The summed E-state index contributed by atoms with van der Waals surface area (Å²) < 4.78 is 0. The third kappa shape index (κ3) is 3.98. The first-order valence-electron chi connectivity index (χ1n) is 6.84. The van der Waals surface area contributed by atoms with E-state index in [0.29, 0.717) is 25.9 Å². The van der Waals surface area contributed by atoms with Crippen molar-refractivity contribution in [1.29, 1.82) is 0 Å². The van der Waals surface area contributed by atoms with Gasteiger partial charge in [0.15, 0.2) is 0 Å². The van der Waals surface area contributed by atoms with Gasteiger partial charge < -0.3 is 10.0 Å². The number of likely N-dealkylation sites (tertiary alicyclic amines) is 1. The highest BCUT2D eigenvalue weighted by atomic mass is 32.2. The zero-order valence-electron chi connectivity index (χ0n) is 11.3. The maximum Gasteiger partial charge on any atom is 0.253 e. The minimum absolute atomic E-state index is 0.0848. The smallest absolute Gasteiger partial charge is 0.253 e. The Balaban J connectivity index is 1.95. The van der Waals surface area contributed by atoms with E-state index in [2.05, 4.69) is 6.92 Å². The fraction of sp³-hybridized carbons (Fsp3) is 0.533. The van der Waals surface area contributed by atoms with E-state index in [9.17, 15) is 9.90 Å². The minimum atomic E-state index is -0.238. The first-order valence-corrected chi connectivity index (χ1v) is 8.00. The van der Waals surface area contributed by atoms with Crippen LogP contribution in [0.25, 0.3) is 0 Å². The molecule has 0 unspecified atom stereocenters. The zero-order chi connectivity index (χ0) is 13.7. The number of amides is 1. The Morgan fingerprint density at radius 3 is 2.53 bits per heavy atom. The summed E-state index contributed by atoms with van der Waals surface area (Å²) in [7, 11) is 0. The summed E-state index contributed by atoms with van der Waals surface area (Å²) in [5.74, 6) is 2.19. The van der Waals surface area contributed by atoms with Gasteiger partial charge >= 0.3 is 0 Å². The molecule has 1 aromatic rings. The minimum Gasteiger partial charge on any atom is -0.393 e. The molecule has 104 valence electrons. The molecule has 1 heterocycles. The number of carbonyl (C=O) groups excluding carboxylic acids is 1. The van der Waals surface area contributed by atoms with Crippen molar-refractivity contribution < 1.29 is 9.90 Å². The van der Waals surface area contributed by atoms with E-state index < -0.39 is 0 Å². The van der Waals surface area contributed by atoms with Crippen molar-refractivity contribution in [3.63, 3.8) is 0 Å². The Bertz CT molecular complexity index is 411. The number of nitrogens with zero attached hydrogens (tertiary/aromatic N) is 1. The van der Waals surface area contributed by atoms with Crippen molar-refractivity contribution in [3.8, 4) is 0 Å². The number of aliphatic hydroxyl groups excluding tert-OH is 1. The molecule has 1 N–H and O–H groups in total. The van der Waals surface area contributed by atoms with Crippen LogP contribution in [0.2, 0.25) is 0 Å². The fourth-order valence-electron chi connectivity index (χ4n) is 2.21. The number of carbonyl (C=O) groups is 1. The van der Waals surface area contributed by atoms with Gasteiger partial charge in [-0.15, -0.1) is 0 Å². The average molecular weight is 279 g/mol. The second kappa shape index (κ2) is 6.96. The topological polar surface area (TPSA) is 40.5 Å². The van der Waals surface area contributed by atoms with Crippen molar-refractivity contribution in [2.24, 2.45) is 0 Å². The standard InChI is InChI=1S/C15H21NO2S/c1-2-19-11-12-3-5-13(6-4-12)15(18)16-9-7-14(17)8-10-16/h3-6,14,17H,2,7-11H2,1H3. The van der Waals surface area contributed by atoms with Crippen LogP contribution in [0.3, 0.4) is 0 Å².